The van der Waals surface area contributed by atoms with E-state index in [1.165, 1.54) is 12.1 Å². The number of benzene rings is 2. The lowest BCUT2D eigenvalue weighted by molar-refractivity contribution is 0.0644. The molecular formula is C25H31FN4O. The maximum Gasteiger partial charge on any atom is 0.256 e. The second-order valence-corrected chi connectivity index (χ2v) is 8.55. The number of nitrogens with one attached hydrogen (secondary N) is 1. The highest BCUT2D eigenvalue weighted by Crippen LogP contribution is 2.36. The Morgan fingerprint density at radius 3 is 2.32 bits per heavy atom. The molecule has 164 valence electrons. The van der Waals surface area contributed by atoms with E-state index in [1.807, 2.05) is 61.8 Å². The molecule has 2 aromatic rings. The monoisotopic (exact) mass is 422 g/mol. The average molecular weight is 423 g/mol. The van der Waals surface area contributed by atoms with Crippen LogP contribution in [0.3, 0.4) is 0 Å². The van der Waals surface area contributed by atoms with Crippen molar-refractivity contribution in [1.82, 2.24) is 10.2 Å². The molecule has 1 amide bonds. The fraction of sp³-hybridized carbons (Fsp3) is 0.440. The molecule has 31 heavy (non-hydrogen) atoms. The third-order valence-electron chi connectivity index (χ3n) is 5.75. The van der Waals surface area contributed by atoms with Crippen molar-refractivity contribution in [1.29, 1.82) is 5.26 Å². The number of amides is 1. The zero-order chi connectivity index (χ0) is 22.5. The molecule has 0 aliphatic carbocycles. The molecule has 0 atom stereocenters. The van der Waals surface area contributed by atoms with Crippen LogP contribution < -0.4 is 10.2 Å². The standard InChI is InChI=1S/C25H31FN4O/c1-17(2)29(18(3)4)25(31)21-7-5-6-8-23(21)30(20-11-13-28-14-12-20)24-15-19(16-27)9-10-22(24)26/h5-10,15,17-18,20,28H,11-14H2,1-4H3. The first-order chi connectivity index (χ1) is 14.8. The normalized spacial score (nSPS) is 14.5. The quantitative estimate of drug-likeness (QED) is 0.723. The summed E-state index contributed by atoms with van der Waals surface area (Å²) in [6.45, 7) is 9.65. The summed E-state index contributed by atoms with van der Waals surface area (Å²) in [6.07, 6.45) is 1.63. The molecule has 3 rings (SSSR count). The maximum atomic E-state index is 15.1. The van der Waals surface area contributed by atoms with Gasteiger partial charge in [-0.2, -0.15) is 5.26 Å². The van der Waals surface area contributed by atoms with E-state index in [1.54, 1.807) is 6.07 Å². The zero-order valence-electron chi connectivity index (χ0n) is 18.7. The fourth-order valence-corrected chi connectivity index (χ4v) is 4.42. The van der Waals surface area contributed by atoms with Gasteiger partial charge in [0.25, 0.3) is 5.91 Å². The van der Waals surface area contributed by atoms with Gasteiger partial charge in [0.15, 0.2) is 0 Å². The molecule has 2 aromatic carbocycles. The Hall–Kier alpha value is -2.91. The van der Waals surface area contributed by atoms with Crippen LogP contribution in [0.4, 0.5) is 15.8 Å². The summed E-state index contributed by atoms with van der Waals surface area (Å²) in [7, 11) is 0. The van der Waals surface area contributed by atoms with Crippen molar-refractivity contribution >= 4 is 17.3 Å². The van der Waals surface area contributed by atoms with Crippen molar-refractivity contribution in [2.75, 3.05) is 18.0 Å². The Labute approximate surface area is 184 Å². The average Bonchev–Trinajstić information content (AvgIpc) is 2.76. The van der Waals surface area contributed by atoms with Crippen LogP contribution in [0, 0.1) is 17.1 Å². The van der Waals surface area contributed by atoms with Crippen LogP contribution in [0.1, 0.15) is 56.5 Å². The SMILES string of the molecule is CC(C)N(C(=O)c1ccccc1N(c1cc(C#N)ccc1F)C1CCNCC1)C(C)C. The first kappa shape index (κ1) is 22.8. The maximum absolute atomic E-state index is 15.1. The van der Waals surface area contributed by atoms with Gasteiger partial charge in [0.05, 0.1) is 28.6 Å². The molecule has 1 N–H and O–H groups in total. The predicted octanol–water partition coefficient (Wildman–Crippen LogP) is 4.85. The Kier molecular flexibility index (Phi) is 7.29. The van der Waals surface area contributed by atoms with Gasteiger partial charge < -0.3 is 15.1 Å². The molecule has 0 radical (unpaired) electrons. The number of carbonyl (C=O) groups excluding carboxylic acids is 1. The highest BCUT2D eigenvalue weighted by atomic mass is 19.1. The number of para-hydroxylation sites is 1. The van der Waals surface area contributed by atoms with Crippen molar-refractivity contribution in [3.8, 4) is 6.07 Å². The van der Waals surface area contributed by atoms with Gasteiger partial charge in [-0.05, 0) is 84.0 Å². The van der Waals surface area contributed by atoms with E-state index in [9.17, 15) is 10.1 Å². The van der Waals surface area contributed by atoms with E-state index in [4.69, 9.17) is 0 Å². The second-order valence-electron chi connectivity index (χ2n) is 8.55. The third kappa shape index (κ3) is 4.88. The number of rotatable bonds is 6. The topological polar surface area (TPSA) is 59.4 Å². The molecule has 1 fully saturated rings. The van der Waals surface area contributed by atoms with E-state index >= 15 is 4.39 Å². The van der Waals surface area contributed by atoms with Crippen molar-refractivity contribution in [2.24, 2.45) is 0 Å². The lowest BCUT2D eigenvalue weighted by atomic mass is 9.99. The molecule has 0 aromatic heterocycles. The van der Waals surface area contributed by atoms with Gasteiger partial charge >= 0.3 is 0 Å². The van der Waals surface area contributed by atoms with Crippen LogP contribution in [0.5, 0.6) is 0 Å². The van der Waals surface area contributed by atoms with Gasteiger partial charge in [0.1, 0.15) is 5.82 Å². The van der Waals surface area contributed by atoms with Crippen LogP contribution in [0.2, 0.25) is 0 Å². The number of anilines is 2. The first-order valence-electron chi connectivity index (χ1n) is 11.0. The second kappa shape index (κ2) is 9.93. The summed E-state index contributed by atoms with van der Waals surface area (Å²) < 4.78 is 15.1. The van der Waals surface area contributed by atoms with Gasteiger partial charge in [-0.25, -0.2) is 4.39 Å². The molecule has 1 saturated heterocycles. The molecular weight excluding hydrogens is 391 g/mol. The predicted molar refractivity (Wildman–Crippen MR) is 122 cm³/mol. The zero-order valence-corrected chi connectivity index (χ0v) is 18.7. The van der Waals surface area contributed by atoms with Crippen LogP contribution in [-0.2, 0) is 0 Å². The summed E-state index contributed by atoms with van der Waals surface area (Å²) in [4.78, 5) is 17.4. The number of halogens is 1. The van der Waals surface area contributed by atoms with Gasteiger partial charge in [0.2, 0.25) is 0 Å². The third-order valence-corrected chi connectivity index (χ3v) is 5.75. The molecule has 1 aliphatic rings. The minimum atomic E-state index is -0.399. The Morgan fingerprint density at radius 1 is 1.06 bits per heavy atom. The number of piperidine rings is 1. The fourth-order valence-electron chi connectivity index (χ4n) is 4.42. The molecule has 0 bridgehead atoms. The highest BCUT2D eigenvalue weighted by Gasteiger charge is 2.30. The minimum absolute atomic E-state index is 0.0187. The summed E-state index contributed by atoms with van der Waals surface area (Å²) in [5, 5.41) is 12.7. The van der Waals surface area contributed by atoms with Crippen LogP contribution in [-0.4, -0.2) is 42.0 Å². The van der Waals surface area contributed by atoms with Crippen LogP contribution >= 0.6 is 0 Å². The van der Waals surface area contributed by atoms with E-state index < -0.39 is 5.82 Å². The molecule has 6 heteroatoms. The minimum Gasteiger partial charge on any atom is -0.335 e. The smallest absolute Gasteiger partial charge is 0.256 e. The Balaban J connectivity index is 2.17. The number of nitrogens with zero attached hydrogens (tertiary/aromatic N) is 3. The van der Waals surface area contributed by atoms with Gasteiger partial charge in [-0.1, -0.05) is 12.1 Å². The van der Waals surface area contributed by atoms with Crippen LogP contribution in [0.15, 0.2) is 42.5 Å². The number of hydrogen-bond acceptors (Lipinski definition) is 4. The number of carbonyl (C=O) groups is 1. The van der Waals surface area contributed by atoms with Gasteiger partial charge in [0, 0.05) is 18.1 Å². The van der Waals surface area contributed by atoms with Crippen molar-refractivity contribution in [3.63, 3.8) is 0 Å². The van der Waals surface area contributed by atoms with E-state index in [-0.39, 0.29) is 24.0 Å². The Bertz CT molecular complexity index is 952. The molecule has 0 saturated carbocycles. The summed E-state index contributed by atoms with van der Waals surface area (Å²) in [5.41, 5.74) is 1.96. The van der Waals surface area contributed by atoms with E-state index in [0.29, 0.717) is 22.5 Å². The lowest BCUT2D eigenvalue weighted by Crippen LogP contribution is -2.44. The largest absolute Gasteiger partial charge is 0.335 e. The number of hydrogen-bond donors (Lipinski definition) is 1. The summed E-state index contributed by atoms with van der Waals surface area (Å²) in [5.74, 6) is -0.472. The molecule has 5 nitrogen and oxygen atoms in total. The lowest BCUT2D eigenvalue weighted by Gasteiger charge is -2.39. The van der Waals surface area contributed by atoms with Crippen molar-refractivity contribution in [3.05, 3.63) is 59.4 Å². The molecule has 0 unspecified atom stereocenters. The van der Waals surface area contributed by atoms with Gasteiger partial charge in [-0.15, -0.1) is 0 Å². The van der Waals surface area contributed by atoms with E-state index in [0.717, 1.165) is 25.9 Å². The summed E-state index contributed by atoms with van der Waals surface area (Å²) >= 11 is 0. The van der Waals surface area contributed by atoms with Crippen LogP contribution in [0.25, 0.3) is 0 Å². The molecule has 1 heterocycles. The molecule has 1 aliphatic heterocycles. The highest BCUT2D eigenvalue weighted by molar-refractivity contribution is 6.01. The van der Waals surface area contributed by atoms with E-state index in [2.05, 4.69) is 11.4 Å². The number of nitriles is 1. The molecule has 0 spiro atoms. The van der Waals surface area contributed by atoms with Gasteiger partial charge in [-0.3, -0.25) is 4.79 Å². The summed E-state index contributed by atoms with van der Waals surface area (Å²) in [6, 6.07) is 14.0. The Morgan fingerprint density at radius 2 is 1.71 bits per heavy atom. The van der Waals surface area contributed by atoms with Crippen molar-refractivity contribution in [2.45, 2.75) is 58.7 Å². The van der Waals surface area contributed by atoms with Crippen molar-refractivity contribution < 1.29 is 9.18 Å². The first-order valence-corrected chi connectivity index (χ1v) is 11.0.